The second kappa shape index (κ2) is 30.0. The van der Waals surface area contributed by atoms with Crippen molar-refractivity contribution in [1.29, 1.82) is 0 Å². The molecule has 6 unspecified atom stereocenters. The third-order valence-electron chi connectivity index (χ3n) is 7.70. The standard InChI is InChI=1S/C38H64O9/c1-3-5-7-8-9-10-11-12-13-14-15-16-17-18-19-20-21-22-23-24-25-26-28-44-30-32(46-34(40)27-6-4-2)31-45-38-37(43)36(42)35(41)33(29-39)47-38/h5,7,9-10,12-13,15-16,18-19,32-33,35-39,41-43H,3-4,6,8,11,14,17,20-31H2,1-2H3/b7-5-,10-9-,13-12-,16-15-,19-18-. The summed E-state index contributed by atoms with van der Waals surface area (Å²) in [5.41, 5.74) is 0. The summed E-state index contributed by atoms with van der Waals surface area (Å²) < 4.78 is 22.3. The van der Waals surface area contributed by atoms with Gasteiger partial charge in [0.2, 0.25) is 0 Å². The maximum atomic E-state index is 12.2. The lowest BCUT2D eigenvalue weighted by molar-refractivity contribution is -0.305. The Labute approximate surface area is 284 Å². The number of allylic oxidation sites excluding steroid dienone is 10. The SMILES string of the molecule is CC/C=C\C/C=C\C/C=C\C/C=C\C/C=C\CCCCCCCCOCC(COC1OC(CO)C(O)C(O)C1O)OC(=O)CCCC. The van der Waals surface area contributed by atoms with Crippen molar-refractivity contribution in [2.75, 3.05) is 26.4 Å². The van der Waals surface area contributed by atoms with Crippen LogP contribution in [0.25, 0.3) is 0 Å². The van der Waals surface area contributed by atoms with Crippen molar-refractivity contribution in [2.45, 2.75) is 147 Å². The predicted octanol–water partition coefficient (Wildman–Crippen LogP) is 6.40. The van der Waals surface area contributed by atoms with Gasteiger partial charge in [-0.25, -0.2) is 0 Å². The molecular weight excluding hydrogens is 600 g/mol. The summed E-state index contributed by atoms with van der Waals surface area (Å²) in [4.78, 5) is 12.2. The quantitative estimate of drug-likeness (QED) is 0.0426. The van der Waals surface area contributed by atoms with Gasteiger partial charge in [0.05, 0.1) is 19.8 Å². The highest BCUT2D eigenvalue weighted by atomic mass is 16.7. The van der Waals surface area contributed by atoms with Crippen LogP contribution in [0.5, 0.6) is 0 Å². The average Bonchev–Trinajstić information content (AvgIpc) is 3.07. The molecule has 9 heteroatoms. The van der Waals surface area contributed by atoms with E-state index in [9.17, 15) is 25.2 Å². The highest BCUT2D eigenvalue weighted by molar-refractivity contribution is 5.69. The third-order valence-corrected chi connectivity index (χ3v) is 7.70. The van der Waals surface area contributed by atoms with Crippen LogP contribution >= 0.6 is 0 Å². The van der Waals surface area contributed by atoms with Gasteiger partial charge < -0.3 is 39.4 Å². The van der Waals surface area contributed by atoms with Gasteiger partial charge in [0, 0.05) is 13.0 Å². The van der Waals surface area contributed by atoms with E-state index in [1.165, 1.54) is 19.3 Å². The summed E-state index contributed by atoms with van der Waals surface area (Å²) in [6, 6.07) is 0. The smallest absolute Gasteiger partial charge is 0.306 e. The summed E-state index contributed by atoms with van der Waals surface area (Å²) in [6.07, 6.45) is 29.4. The van der Waals surface area contributed by atoms with Crippen LogP contribution in [0.15, 0.2) is 60.8 Å². The number of ether oxygens (including phenoxy) is 4. The molecule has 0 spiro atoms. The fraction of sp³-hybridized carbons (Fsp3) is 0.711. The van der Waals surface area contributed by atoms with Crippen LogP contribution in [0, 0.1) is 0 Å². The topological polar surface area (TPSA) is 135 Å². The number of rotatable bonds is 28. The Morgan fingerprint density at radius 3 is 1.87 bits per heavy atom. The first-order chi connectivity index (χ1) is 22.9. The van der Waals surface area contributed by atoms with Crippen molar-refractivity contribution in [3.8, 4) is 0 Å². The number of unbranched alkanes of at least 4 members (excludes halogenated alkanes) is 7. The molecule has 1 heterocycles. The molecule has 0 aromatic heterocycles. The van der Waals surface area contributed by atoms with Crippen LogP contribution in [0.4, 0.5) is 0 Å². The zero-order chi connectivity index (χ0) is 34.4. The normalized spacial score (nSPS) is 22.9. The Kier molecular flexibility index (Phi) is 27.4. The Bertz CT molecular complexity index is 896. The molecule has 0 bridgehead atoms. The molecular formula is C38H64O9. The number of carbonyl (C=O) groups is 1. The van der Waals surface area contributed by atoms with Crippen molar-refractivity contribution < 1.29 is 44.2 Å². The van der Waals surface area contributed by atoms with E-state index in [4.69, 9.17) is 18.9 Å². The van der Waals surface area contributed by atoms with E-state index in [1.54, 1.807) is 0 Å². The van der Waals surface area contributed by atoms with E-state index in [0.717, 1.165) is 64.2 Å². The highest BCUT2D eigenvalue weighted by Crippen LogP contribution is 2.22. The van der Waals surface area contributed by atoms with Gasteiger partial charge in [-0.3, -0.25) is 4.79 Å². The molecule has 4 N–H and O–H groups in total. The van der Waals surface area contributed by atoms with Gasteiger partial charge in [-0.1, -0.05) is 107 Å². The zero-order valence-electron chi connectivity index (χ0n) is 29.0. The Morgan fingerprint density at radius 1 is 0.702 bits per heavy atom. The summed E-state index contributed by atoms with van der Waals surface area (Å²) >= 11 is 0. The molecule has 0 saturated carbocycles. The molecule has 1 fully saturated rings. The number of aliphatic hydroxyl groups excluding tert-OH is 4. The van der Waals surface area contributed by atoms with Crippen LogP contribution in [-0.4, -0.2) is 89.6 Å². The molecule has 1 rings (SSSR count). The molecule has 1 aliphatic heterocycles. The van der Waals surface area contributed by atoms with Crippen molar-refractivity contribution in [2.24, 2.45) is 0 Å². The lowest BCUT2D eigenvalue weighted by Crippen LogP contribution is -2.59. The minimum atomic E-state index is -1.54. The van der Waals surface area contributed by atoms with E-state index in [1.807, 2.05) is 6.92 Å². The van der Waals surface area contributed by atoms with E-state index in [0.29, 0.717) is 13.0 Å². The Balaban J connectivity index is 2.14. The molecule has 0 aliphatic carbocycles. The fourth-order valence-electron chi connectivity index (χ4n) is 4.85. The number of carbonyl (C=O) groups excluding carboxylic acids is 1. The van der Waals surface area contributed by atoms with Gasteiger partial charge >= 0.3 is 5.97 Å². The molecule has 1 saturated heterocycles. The number of esters is 1. The van der Waals surface area contributed by atoms with Crippen LogP contribution in [0.1, 0.15) is 110 Å². The van der Waals surface area contributed by atoms with Crippen molar-refractivity contribution in [3.05, 3.63) is 60.8 Å². The van der Waals surface area contributed by atoms with Gasteiger partial charge in [0.25, 0.3) is 0 Å². The van der Waals surface area contributed by atoms with E-state index < -0.39 is 43.4 Å². The number of aliphatic hydroxyl groups is 4. The first-order valence-corrected chi connectivity index (χ1v) is 17.9. The Morgan fingerprint density at radius 2 is 1.28 bits per heavy atom. The fourth-order valence-corrected chi connectivity index (χ4v) is 4.85. The second-order valence-corrected chi connectivity index (χ2v) is 11.9. The number of hydrogen-bond acceptors (Lipinski definition) is 9. The predicted molar refractivity (Wildman–Crippen MR) is 187 cm³/mol. The molecule has 0 amide bonds. The maximum Gasteiger partial charge on any atom is 0.306 e. The lowest BCUT2D eigenvalue weighted by atomic mass is 9.99. The minimum absolute atomic E-state index is 0.127. The molecule has 47 heavy (non-hydrogen) atoms. The van der Waals surface area contributed by atoms with Crippen molar-refractivity contribution >= 4 is 5.97 Å². The van der Waals surface area contributed by atoms with Crippen LogP contribution in [0.3, 0.4) is 0 Å². The number of hydrogen-bond donors (Lipinski definition) is 4. The van der Waals surface area contributed by atoms with Gasteiger partial charge in [-0.2, -0.15) is 0 Å². The van der Waals surface area contributed by atoms with Gasteiger partial charge in [-0.15, -0.1) is 0 Å². The van der Waals surface area contributed by atoms with E-state index in [-0.39, 0.29) is 25.6 Å². The third kappa shape index (κ3) is 22.2. The molecule has 1 aliphatic rings. The minimum Gasteiger partial charge on any atom is -0.457 e. The lowest BCUT2D eigenvalue weighted by Gasteiger charge is -2.39. The molecule has 9 nitrogen and oxygen atoms in total. The molecule has 0 aromatic carbocycles. The maximum absolute atomic E-state index is 12.2. The average molecular weight is 665 g/mol. The van der Waals surface area contributed by atoms with E-state index in [2.05, 4.69) is 67.7 Å². The van der Waals surface area contributed by atoms with Crippen molar-refractivity contribution in [3.63, 3.8) is 0 Å². The molecule has 270 valence electrons. The largest absolute Gasteiger partial charge is 0.457 e. The summed E-state index contributed by atoms with van der Waals surface area (Å²) in [7, 11) is 0. The van der Waals surface area contributed by atoms with Crippen LogP contribution < -0.4 is 0 Å². The summed E-state index contributed by atoms with van der Waals surface area (Å²) in [6.45, 7) is 4.12. The van der Waals surface area contributed by atoms with Gasteiger partial charge in [0.15, 0.2) is 6.29 Å². The highest BCUT2D eigenvalue weighted by Gasteiger charge is 2.44. The van der Waals surface area contributed by atoms with E-state index >= 15 is 0 Å². The summed E-state index contributed by atoms with van der Waals surface area (Å²) in [5.74, 6) is -0.359. The van der Waals surface area contributed by atoms with Crippen LogP contribution in [-0.2, 0) is 23.7 Å². The molecule has 0 radical (unpaired) electrons. The summed E-state index contributed by atoms with van der Waals surface area (Å²) in [5, 5.41) is 39.5. The van der Waals surface area contributed by atoms with Crippen LogP contribution in [0.2, 0.25) is 0 Å². The first kappa shape index (κ1) is 42.9. The first-order valence-electron chi connectivity index (χ1n) is 17.9. The van der Waals surface area contributed by atoms with Gasteiger partial charge in [-0.05, 0) is 57.8 Å². The zero-order valence-corrected chi connectivity index (χ0v) is 29.0. The second-order valence-electron chi connectivity index (χ2n) is 11.9. The molecule has 0 aromatic rings. The monoisotopic (exact) mass is 664 g/mol. The van der Waals surface area contributed by atoms with Crippen molar-refractivity contribution in [1.82, 2.24) is 0 Å². The Hall–Kier alpha value is -2.11. The molecule has 6 atom stereocenters. The van der Waals surface area contributed by atoms with Gasteiger partial charge in [0.1, 0.15) is 30.5 Å².